The Morgan fingerprint density at radius 3 is 3.00 bits per heavy atom. The summed E-state index contributed by atoms with van der Waals surface area (Å²) < 4.78 is 0. The van der Waals surface area contributed by atoms with Gasteiger partial charge >= 0.3 is 0 Å². The Morgan fingerprint density at radius 2 is 2.25 bits per heavy atom. The molecule has 6 heteroatoms. The maximum absolute atomic E-state index is 11.6. The monoisotopic (exact) mass is 216 g/mol. The lowest BCUT2D eigenvalue weighted by Gasteiger charge is -1.96. The molecule has 16 heavy (non-hydrogen) atoms. The third-order valence-corrected chi connectivity index (χ3v) is 2.73. The van der Waals surface area contributed by atoms with Crippen LogP contribution in [0, 0.1) is 0 Å². The highest BCUT2D eigenvalue weighted by Gasteiger charge is 2.24. The van der Waals surface area contributed by atoms with Crippen LogP contribution in [-0.2, 0) is 6.54 Å². The van der Waals surface area contributed by atoms with E-state index in [9.17, 15) is 9.59 Å². The first-order chi connectivity index (χ1) is 7.68. The first-order valence-electron chi connectivity index (χ1n) is 4.76. The van der Waals surface area contributed by atoms with Crippen molar-refractivity contribution >= 4 is 22.7 Å². The molecule has 80 valence electrons. The molecule has 1 aromatic carbocycles. The summed E-state index contributed by atoms with van der Waals surface area (Å²) in [6.45, 7) is 0.503. The predicted octanol–water partition coefficient (Wildman–Crippen LogP) is -0.0948. The Balaban J connectivity index is 2.39. The largest absolute Gasteiger partial charge is 0.364 e. The molecule has 0 bridgehead atoms. The fourth-order valence-electron chi connectivity index (χ4n) is 1.98. The number of aromatic amines is 1. The lowest BCUT2D eigenvalue weighted by atomic mass is 10.1. The average Bonchev–Trinajstić information content (AvgIpc) is 2.81. The fraction of sp³-hybridized carbons (Fsp3) is 0.100. The second kappa shape index (κ2) is 2.82. The molecule has 2 aromatic rings. The quantitative estimate of drug-likeness (QED) is 0.620. The molecule has 1 aromatic heterocycles. The second-order valence-electron chi connectivity index (χ2n) is 3.64. The Bertz CT molecular complexity index is 629. The van der Waals surface area contributed by atoms with Gasteiger partial charge in [-0.25, -0.2) is 0 Å². The molecule has 0 saturated heterocycles. The van der Waals surface area contributed by atoms with Crippen molar-refractivity contribution in [1.29, 1.82) is 0 Å². The Morgan fingerprint density at radius 1 is 1.44 bits per heavy atom. The number of hydrogen-bond donors (Lipinski definition) is 3. The summed E-state index contributed by atoms with van der Waals surface area (Å²) in [5.41, 5.74) is 7.35. The Labute approximate surface area is 89.8 Å². The zero-order valence-electron chi connectivity index (χ0n) is 8.20. The summed E-state index contributed by atoms with van der Waals surface area (Å²) in [7, 11) is 0. The molecular weight excluding hydrogens is 208 g/mol. The van der Waals surface area contributed by atoms with Gasteiger partial charge in [-0.3, -0.25) is 14.7 Å². The average molecular weight is 216 g/mol. The van der Waals surface area contributed by atoms with E-state index in [-0.39, 0.29) is 11.6 Å². The van der Waals surface area contributed by atoms with Crippen molar-refractivity contribution < 1.29 is 9.59 Å². The molecule has 0 atom stereocenters. The Hall–Kier alpha value is -2.37. The van der Waals surface area contributed by atoms with Crippen LogP contribution >= 0.6 is 0 Å². The van der Waals surface area contributed by atoms with Crippen LogP contribution in [0.4, 0.5) is 0 Å². The summed E-state index contributed by atoms with van der Waals surface area (Å²) in [6, 6.07) is 3.55. The minimum absolute atomic E-state index is 0.164. The van der Waals surface area contributed by atoms with Gasteiger partial charge in [-0.2, -0.15) is 5.10 Å². The SMILES string of the molecule is NC(=O)c1[nH]nc2c3c(ccc12)CNC3=O. The van der Waals surface area contributed by atoms with Crippen molar-refractivity contribution in [2.75, 3.05) is 0 Å². The van der Waals surface area contributed by atoms with E-state index in [0.29, 0.717) is 23.0 Å². The third-order valence-electron chi connectivity index (χ3n) is 2.73. The smallest absolute Gasteiger partial charge is 0.267 e. The number of nitrogens with zero attached hydrogens (tertiary/aromatic N) is 1. The minimum atomic E-state index is -0.583. The van der Waals surface area contributed by atoms with Gasteiger partial charge in [-0.1, -0.05) is 6.07 Å². The zero-order valence-corrected chi connectivity index (χ0v) is 8.20. The van der Waals surface area contributed by atoms with Crippen LogP contribution in [-0.4, -0.2) is 22.0 Å². The number of nitrogens with one attached hydrogen (secondary N) is 2. The topological polar surface area (TPSA) is 101 Å². The van der Waals surface area contributed by atoms with E-state index in [4.69, 9.17) is 5.73 Å². The number of primary amides is 1. The number of nitrogens with two attached hydrogens (primary N) is 1. The van der Waals surface area contributed by atoms with Crippen LogP contribution in [0.3, 0.4) is 0 Å². The number of carbonyl (C=O) groups excluding carboxylic acids is 2. The summed E-state index contributed by atoms with van der Waals surface area (Å²) in [5, 5.41) is 9.83. The molecule has 0 saturated carbocycles. The number of benzene rings is 1. The maximum atomic E-state index is 11.6. The molecular formula is C10H8N4O2. The fourth-order valence-corrected chi connectivity index (χ4v) is 1.98. The summed E-state index contributed by atoms with van der Waals surface area (Å²) in [4.78, 5) is 22.7. The lowest BCUT2D eigenvalue weighted by Crippen LogP contribution is -2.12. The van der Waals surface area contributed by atoms with Gasteiger partial charge in [-0.15, -0.1) is 0 Å². The van der Waals surface area contributed by atoms with E-state index in [1.807, 2.05) is 0 Å². The van der Waals surface area contributed by atoms with Crippen LogP contribution in [0.5, 0.6) is 0 Å². The molecule has 0 radical (unpaired) electrons. The summed E-state index contributed by atoms with van der Waals surface area (Å²) in [5.74, 6) is -0.746. The van der Waals surface area contributed by atoms with Crippen molar-refractivity contribution in [3.63, 3.8) is 0 Å². The maximum Gasteiger partial charge on any atom is 0.267 e. The van der Waals surface area contributed by atoms with E-state index in [1.54, 1.807) is 12.1 Å². The number of amides is 2. The molecule has 0 fully saturated rings. The normalized spacial score (nSPS) is 13.9. The van der Waals surface area contributed by atoms with Crippen LogP contribution in [0.2, 0.25) is 0 Å². The van der Waals surface area contributed by atoms with Crippen LogP contribution in [0.25, 0.3) is 10.9 Å². The number of rotatable bonds is 1. The van der Waals surface area contributed by atoms with Gasteiger partial charge in [0, 0.05) is 11.9 Å². The van der Waals surface area contributed by atoms with Gasteiger partial charge in [0.25, 0.3) is 11.8 Å². The van der Waals surface area contributed by atoms with Crippen molar-refractivity contribution in [3.8, 4) is 0 Å². The zero-order chi connectivity index (χ0) is 11.3. The molecule has 0 spiro atoms. The van der Waals surface area contributed by atoms with Crippen molar-refractivity contribution in [3.05, 3.63) is 29.0 Å². The van der Waals surface area contributed by atoms with Crippen molar-refractivity contribution in [2.24, 2.45) is 5.73 Å². The van der Waals surface area contributed by atoms with E-state index in [1.165, 1.54) is 0 Å². The highest BCUT2D eigenvalue weighted by Crippen LogP contribution is 2.26. The molecule has 6 nitrogen and oxygen atoms in total. The van der Waals surface area contributed by atoms with Gasteiger partial charge in [0.2, 0.25) is 0 Å². The predicted molar refractivity (Wildman–Crippen MR) is 55.8 cm³/mol. The molecule has 1 aliphatic rings. The van der Waals surface area contributed by atoms with Crippen LogP contribution in [0.15, 0.2) is 12.1 Å². The Kier molecular flexibility index (Phi) is 1.57. The second-order valence-corrected chi connectivity index (χ2v) is 3.64. The minimum Gasteiger partial charge on any atom is -0.364 e. The number of hydrogen-bond acceptors (Lipinski definition) is 3. The highest BCUT2D eigenvalue weighted by atomic mass is 16.2. The molecule has 4 N–H and O–H groups in total. The summed E-state index contributed by atoms with van der Waals surface area (Å²) >= 11 is 0. The van der Waals surface area contributed by atoms with Gasteiger partial charge < -0.3 is 11.1 Å². The van der Waals surface area contributed by atoms with Gasteiger partial charge in [0.15, 0.2) is 0 Å². The van der Waals surface area contributed by atoms with E-state index in [0.717, 1.165) is 5.56 Å². The van der Waals surface area contributed by atoms with Crippen LogP contribution in [0.1, 0.15) is 26.4 Å². The molecule has 2 heterocycles. The standard InChI is InChI=1S/C10H8N4O2/c11-9(15)8-5-2-1-4-3-12-10(16)6(4)7(5)13-14-8/h1-2H,3H2,(H2,11,15)(H,12,16)(H,13,14). The molecule has 0 unspecified atom stereocenters. The number of H-pyrrole nitrogens is 1. The first kappa shape index (κ1) is 8.90. The molecule has 0 aliphatic carbocycles. The molecule has 2 amide bonds. The van der Waals surface area contributed by atoms with E-state index >= 15 is 0 Å². The van der Waals surface area contributed by atoms with Crippen molar-refractivity contribution in [2.45, 2.75) is 6.54 Å². The van der Waals surface area contributed by atoms with E-state index < -0.39 is 5.91 Å². The first-order valence-corrected chi connectivity index (χ1v) is 4.76. The number of fused-ring (bicyclic) bond motifs is 3. The van der Waals surface area contributed by atoms with Crippen LogP contribution < -0.4 is 11.1 Å². The van der Waals surface area contributed by atoms with Crippen molar-refractivity contribution in [1.82, 2.24) is 15.5 Å². The number of aromatic nitrogens is 2. The lowest BCUT2D eigenvalue weighted by molar-refractivity contribution is 0.0965. The highest BCUT2D eigenvalue weighted by molar-refractivity contribution is 6.13. The third kappa shape index (κ3) is 0.979. The van der Waals surface area contributed by atoms with Gasteiger partial charge in [0.1, 0.15) is 11.2 Å². The van der Waals surface area contributed by atoms with Gasteiger partial charge in [0.05, 0.1) is 5.56 Å². The van der Waals surface area contributed by atoms with E-state index in [2.05, 4.69) is 15.5 Å². The molecule has 1 aliphatic heterocycles. The number of carbonyl (C=O) groups is 2. The van der Waals surface area contributed by atoms with Gasteiger partial charge in [-0.05, 0) is 11.6 Å². The summed E-state index contributed by atoms with van der Waals surface area (Å²) in [6.07, 6.45) is 0. The molecule has 3 rings (SSSR count).